The van der Waals surface area contributed by atoms with Gasteiger partial charge in [-0.15, -0.1) is 0 Å². The highest BCUT2D eigenvalue weighted by Gasteiger charge is 2.21. The van der Waals surface area contributed by atoms with Crippen LogP contribution in [0.4, 0.5) is 0 Å². The van der Waals surface area contributed by atoms with E-state index in [1.165, 1.54) is 0 Å². The molecule has 19 heavy (non-hydrogen) atoms. The minimum absolute atomic E-state index is 0.220. The second kappa shape index (κ2) is 5.33. The molecule has 1 N–H and O–H groups in total. The zero-order valence-electron chi connectivity index (χ0n) is 10.4. The normalized spacial score (nSPS) is 20.0. The average molecular weight is 279 g/mol. The van der Waals surface area contributed by atoms with Gasteiger partial charge in [0.2, 0.25) is 5.89 Å². The molecule has 1 unspecified atom stereocenters. The maximum atomic E-state index is 9.48. The summed E-state index contributed by atoms with van der Waals surface area (Å²) in [6.07, 6.45) is 2.32. The van der Waals surface area contributed by atoms with E-state index in [9.17, 15) is 5.11 Å². The lowest BCUT2D eigenvalue weighted by Crippen LogP contribution is -2.21. The monoisotopic (exact) mass is 278 g/mol. The van der Waals surface area contributed by atoms with E-state index in [1.807, 2.05) is 24.3 Å². The van der Waals surface area contributed by atoms with Crippen molar-refractivity contribution in [1.29, 1.82) is 0 Å². The Bertz CT molecular complexity index is 570. The minimum atomic E-state index is -0.220. The first-order valence-electron chi connectivity index (χ1n) is 6.32. The smallest absolute Gasteiger partial charge is 0.209 e. The predicted octanol–water partition coefficient (Wildman–Crippen LogP) is 2.56. The Morgan fingerprint density at radius 1 is 1.47 bits per heavy atom. The van der Waals surface area contributed by atoms with E-state index < -0.39 is 0 Å². The lowest BCUT2D eigenvalue weighted by Gasteiger charge is -2.11. The Morgan fingerprint density at radius 3 is 3.11 bits per heavy atom. The number of hydrogen-bond acceptors (Lipinski definition) is 4. The van der Waals surface area contributed by atoms with Gasteiger partial charge in [-0.3, -0.25) is 4.90 Å². The fourth-order valence-corrected chi connectivity index (χ4v) is 2.50. The highest BCUT2D eigenvalue weighted by atomic mass is 35.5. The number of hydrogen-bond donors (Lipinski definition) is 1. The number of aliphatic hydroxyl groups is 1. The van der Waals surface area contributed by atoms with Crippen molar-refractivity contribution in [3.8, 4) is 11.3 Å². The number of aromatic nitrogens is 1. The van der Waals surface area contributed by atoms with E-state index in [-0.39, 0.29) is 6.10 Å². The van der Waals surface area contributed by atoms with Gasteiger partial charge in [0.25, 0.3) is 0 Å². The molecule has 1 aliphatic rings. The Hall–Kier alpha value is -1.36. The highest BCUT2D eigenvalue weighted by Crippen LogP contribution is 2.24. The summed E-state index contributed by atoms with van der Waals surface area (Å²) in [5, 5.41) is 10.2. The standard InChI is InChI=1S/C14H15ClN2O2/c15-11-3-1-2-10(6-11)13-7-16-14(19-13)9-17-5-4-12(18)8-17/h1-3,6-7,12,18H,4-5,8-9H2. The van der Waals surface area contributed by atoms with E-state index in [2.05, 4.69) is 9.88 Å². The van der Waals surface area contributed by atoms with Gasteiger partial charge in [0.1, 0.15) is 0 Å². The van der Waals surface area contributed by atoms with Crippen molar-refractivity contribution in [2.45, 2.75) is 19.1 Å². The summed E-state index contributed by atoms with van der Waals surface area (Å²) < 4.78 is 5.73. The molecule has 5 heteroatoms. The molecule has 1 atom stereocenters. The first kappa shape index (κ1) is 12.7. The van der Waals surface area contributed by atoms with Gasteiger partial charge in [-0.2, -0.15) is 0 Å². The van der Waals surface area contributed by atoms with E-state index in [1.54, 1.807) is 6.20 Å². The lowest BCUT2D eigenvalue weighted by atomic mass is 10.2. The zero-order valence-corrected chi connectivity index (χ0v) is 11.2. The molecule has 0 saturated carbocycles. The number of oxazole rings is 1. The predicted molar refractivity (Wildman–Crippen MR) is 72.8 cm³/mol. The molecular weight excluding hydrogens is 264 g/mol. The van der Waals surface area contributed by atoms with E-state index >= 15 is 0 Å². The SMILES string of the molecule is OC1CCN(Cc2ncc(-c3cccc(Cl)c3)o2)C1. The number of likely N-dealkylation sites (tertiary alicyclic amines) is 1. The summed E-state index contributed by atoms with van der Waals surface area (Å²) in [5.41, 5.74) is 0.924. The second-order valence-corrected chi connectivity index (χ2v) is 5.24. The third kappa shape index (κ3) is 2.97. The summed E-state index contributed by atoms with van der Waals surface area (Å²) >= 11 is 5.96. The molecule has 0 bridgehead atoms. The molecule has 0 amide bonds. The van der Waals surface area contributed by atoms with Crippen LogP contribution in [-0.4, -0.2) is 34.2 Å². The second-order valence-electron chi connectivity index (χ2n) is 4.81. The van der Waals surface area contributed by atoms with Gasteiger partial charge in [-0.05, 0) is 18.6 Å². The van der Waals surface area contributed by atoms with Crippen LogP contribution >= 0.6 is 11.6 Å². The number of aliphatic hydroxyl groups excluding tert-OH is 1. The topological polar surface area (TPSA) is 49.5 Å². The van der Waals surface area contributed by atoms with Crippen molar-refractivity contribution < 1.29 is 9.52 Å². The van der Waals surface area contributed by atoms with Gasteiger partial charge in [0.15, 0.2) is 5.76 Å². The Morgan fingerprint density at radius 2 is 2.37 bits per heavy atom. The number of benzene rings is 1. The molecule has 2 aromatic rings. The lowest BCUT2D eigenvalue weighted by molar-refractivity contribution is 0.171. The van der Waals surface area contributed by atoms with Crippen LogP contribution in [0.15, 0.2) is 34.9 Å². The number of β-amino-alcohol motifs (C(OH)–C–C–N with tert-alkyl or cyclic N) is 1. The zero-order chi connectivity index (χ0) is 13.2. The van der Waals surface area contributed by atoms with Crippen LogP contribution < -0.4 is 0 Å². The molecule has 100 valence electrons. The van der Waals surface area contributed by atoms with Crippen LogP contribution in [-0.2, 0) is 6.54 Å². The maximum absolute atomic E-state index is 9.48. The summed E-state index contributed by atoms with van der Waals surface area (Å²) in [5.74, 6) is 1.39. The van der Waals surface area contributed by atoms with Crippen LogP contribution in [0, 0.1) is 0 Å². The van der Waals surface area contributed by atoms with Crippen LogP contribution in [0.2, 0.25) is 5.02 Å². The van der Waals surface area contributed by atoms with Gasteiger partial charge in [0, 0.05) is 23.7 Å². The minimum Gasteiger partial charge on any atom is -0.439 e. The van der Waals surface area contributed by atoms with Gasteiger partial charge in [-0.25, -0.2) is 4.98 Å². The third-order valence-electron chi connectivity index (χ3n) is 3.27. The van der Waals surface area contributed by atoms with Crippen LogP contribution in [0.3, 0.4) is 0 Å². The Balaban J connectivity index is 1.73. The molecule has 1 aromatic carbocycles. The molecular formula is C14H15ClN2O2. The molecule has 2 heterocycles. The first-order chi connectivity index (χ1) is 9.20. The number of halogens is 1. The molecule has 0 radical (unpaired) electrons. The molecule has 1 saturated heterocycles. The van der Waals surface area contributed by atoms with Crippen molar-refractivity contribution in [2.24, 2.45) is 0 Å². The van der Waals surface area contributed by atoms with Gasteiger partial charge < -0.3 is 9.52 Å². The molecule has 1 fully saturated rings. The van der Waals surface area contributed by atoms with Gasteiger partial charge in [-0.1, -0.05) is 23.7 Å². The summed E-state index contributed by atoms with van der Waals surface area (Å²) in [6.45, 7) is 2.21. The van der Waals surface area contributed by atoms with Crippen LogP contribution in [0.5, 0.6) is 0 Å². The van der Waals surface area contributed by atoms with Crippen molar-refractivity contribution in [1.82, 2.24) is 9.88 Å². The van der Waals surface area contributed by atoms with Gasteiger partial charge in [0.05, 0.1) is 18.8 Å². The van der Waals surface area contributed by atoms with Crippen LogP contribution in [0.25, 0.3) is 11.3 Å². The average Bonchev–Trinajstić information content (AvgIpc) is 2.99. The molecule has 0 aliphatic carbocycles. The third-order valence-corrected chi connectivity index (χ3v) is 3.50. The molecule has 1 aliphatic heterocycles. The largest absolute Gasteiger partial charge is 0.439 e. The quantitative estimate of drug-likeness (QED) is 0.937. The maximum Gasteiger partial charge on any atom is 0.209 e. The molecule has 4 nitrogen and oxygen atoms in total. The fraction of sp³-hybridized carbons (Fsp3) is 0.357. The fourth-order valence-electron chi connectivity index (χ4n) is 2.31. The van der Waals surface area contributed by atoms with E-state index in [0.29, 0.717) is 24.0 Å². The molecule has 0 spiro atoms. The van der Waals surface area contributed by atoms with Crippen molar-refractivity contribution in [3.05, 3.63) is 41.4 Å². The van der Waals surface area contributed by atoms with E-state index in [4.69, 9.17) is 16.0 Å². The first-order valence-corrected chi connectivity index (χ1v) is 6.69. The summed E-state index contributed by atoms with van der Waals surface area (Å²) in [6, 6.07) is 7.51. The van der Waals surface area contributed by atoms with Gasteiger partial charge >= 0.3 is 0 Å². The Kier molecular flexibility index (Phi) is 3.55. The highest BCUT2D eigenvalue weighted by molar-refractivity contribution is 6.30. The van der Waals surface area contributed by atoms with Crippen LogP contribution in [0.1, 0.15) is 12.3 Å². The number of rotatable bonds is 3. The van der Waals surface area contributed by atoms with Crippen molar-refractivity contribution in [2.75, 3.05) is 13.1 Å². The summed E-state index contributed by atoms with van der Waals surface area (Å²) in [7, 11) is 0. The van der Waals surface area contributed by atoms with E-state index in [0.717, 1.165) is 24.3 Å². The number of nitrogens with zero attached hydrogens (tertiary/aromatic N) is 2. The molecule has 3 rings (SSSR count). The molecule has 1 aromatic heterocycles. The van der Waals surface area contributed by atoms with Crippen molar-refractivity contribution >= 4 is 11.6 Å². The summed E-state index contributed by atoms with van der Waals surface area (Å²) in [4.78, 5) is 6.41. The Labute approximate surface area is 116 Å². The van der Waals surface area contributed by atoms with Crippen molar-refractivity contribution in [3.63, 3.8) is 0 Å².